The minimum Gasteiger partial charge on any atom is -0.394 e. The first kappa shape index (κ1) is 17.0. The zero-order chi connectivity index (χ0) is 16.9. The van der Waals surface area contributed by atoms with E-state index < -0.39 is 23.7 Å². The second-order valence-electron chi connectivity index (χ2n) is 5.09. The molecule has 0 aliphatic heterocycles. The highest BCUT2D eigenvalue weighted by Gasteiger charge is 2.30. The normalized spacial score (nSPS) is 12.7. The smallest absolute Gasteiger partial charge is 0.394 e. The zero-order valence-corrected chi connectivity index (χ0v) is 12.2. The Morgan fingerprint density at radius 3 is 2.39 bits per heavy atom. The third kappa shape index (κ3) is 4.82. The van der Waals surface area contributed by atoms with Gasteiger partial charge in [0.25, 0.3) is 0 Å². The van der Waals surface area contributed by atoms with Gasteiger partial charge in [0.15, 0.2) is 0 Å². The molecule has 122 valence electrons. The third-order valence-corrected chi connectivity index (χ3v) is 3.34. The molecule has 0 aromatic heterocycles. The molecule has 0 spiro atoms. The first-order valence-corrected chi connectivity index (χ1v) is 7.01. The van der Waals surface area contributed by atoms with E-state index in [1.807, 2.05) is 6.07 Å². The molecule has 0 aliphatic carbocycles. The maximum atomic E-state index is 12.7. The van der Waals surface area contributed by atoms with Gasteiger partial charge in [-0.3, -0.25) is 4.79 Å². The summed E-state index contributed by atoms with van der Waals surface area (Å²) < 4.78 is 38.0. The lowest BCUT2D eigenvalue weighted by Gasteiger charge is -2.17. The van der Waals surface area contributed by atoms with Gasteiger partial charge in [-0.25, -0.2) is 0 Å². The Hall–Kier alpha value is -2.34. The molecule has 0 heterocycles. The van der Waals surface area contributed by atoms with Crippen LogP contribution in [0.2, 0.25) is 0 Å². The highest BCUT2D eigenvalue weighted by Crippen LogP contribution is 2.29. The molecule has 1 amide bonds. The SMILES string of the molecule is O=C(Cc1cccc(C(F)(F)F)c1)N[C@H](CO)c1ccccc1. The predicted molar refractivity (Wildman–Crippen MR) is 79.6 cm³/mol. The molecule has 0 fully saturated rings. The number of aliphatic hydroxyl groups excluding tert-OH is 1. The number of hydrogen-bond acceptors (Lipinski definition) is 2. The quantitative estimate of drug-likeness (QED) is 0.888. The largest absolute Gasteiger partial charge is 0.416 e. The summed E-state index contributed by atoms with van der Waals surface area (Å²) in [5.41, 5.74) is 0.207. The summed E-state index contributed by atoms with van der Waals surface area (Å²) in [7, 11) is 0. The average molecular weight is 323 g/mol. The number of carbonyl (C=O) groups is 1. The lowest BCUT2D eigenvalue weighted by Crippen LogP contribution is -2.32. The number of halogens is 3. The van der Waals surface area contributed by atoms with Crippen LogP contribution in [0.4, 0.5) is 13.2 Å². The van der Waals surface area contributed by atoms with Gasteiger partial charge < -0.3 is 10.4 Å². The first-order chi connectivity index (χ1) is 10.9. The third-order valence-electron chi connectivity index (χ3n) is 3.34. The minimum absolute atomic E-state index is 0.187. The lowest BCUT2D eigenvalue weighted by molar-refractivity contribution is -0.137. The highest BCUT2D eigenvalue weighted by atomic mass is 19.4. The van der Waals surface area contributed by atoms with Gasteiger partial charge in [-0.2, -0.15) is 13.2 Å². The van der Waals surface area contributed by atoms with Crippen molar-refractivity contribution in [2.24, 2.45) is 0 Å². The number of alkyl halides is 3. The zero-order valence-electron chi connectivity index (χ0n) is 12.2. The lowest BCUT2D eigenvalue weighted by atomic mass is 10.1. The molecule has 0 bridgehead atoms. The first-order valence-electron chi connectivity index (χ1n) is 7.01. The van der Waals surface area contributed by atoms with Crippen molar-refractivity contribution >= 4 is 5.91 Å². The van der Waals surface area contributed by atoms with E-state index in [1.54, 1.807) is 24.3 Å². The van der Waals surface area contributed by atoms with Crippen LogP contribution in [0.3, 0.4) is 0 Å². The Morgan fingerprint density at radius 1 is 1.09 bits per heavy atom. The van der Waals surface area contributed by atoms with Gasteiger partial charge in [0, 0.05) is 0 Å². The Morgan fingerprint density at radius 2 is 1.78 bits per heavy atom. The van der Waals surface area contributed by atoms with Crippen LogP contribution in [0.1, 0.15) is 22.7 Å². The molecule has 0 saturated heterocycles. The minimum atomic E-state index is -4.44. The van der Waals surface area contributed by atoms with Gasteiger partial charge in [-0.1, -0.05) is 48.5 Å². The van der Waals surface area contributed by atoms with Gasteiger partial charge in [0.1, 0.15) is 0 Å². The van der Waals surface area contributed by atoms with Crippen molar-refractivity contribution in [1.29, 1.82) is 0 Å². The Kier molecular flexibility index (Phi) is 5.39. The number of amides is 1. The van der Waals surface area contributed by atoms with E-state index in [9.17, 15) is 23.1 Å². The fraction of sp³-hybridized carbons (Fsp3) is 0.235. The van der Waals surface area contributed by atoms with Gasteiger partial charge >= 0.3 is 6.18 Å². The van der Waals surface area contributed by atoms with Crippen LogP contribution in [0.5, 0.6) is 0 Å². The summed E-state index contributed by atoms with van der Waals surface area (Å²) in [6.07, 6.45) is -4.63. The number of rotatable bonds is 5. The number of benzene rings is 2. The predicted octanol–water partition coefficient (Wildman–Crippen LogP) is 3.10. The van der Waals surface area contributed by atoms with Gasteiger partial charge in [-0.05, 0) is 17.2 Å². The molecule has 0 aliphatic rings. The van der Waals surface area contributed by atoms with E-state index in [1.165, 1.54) is 12.1 Å². The highest BCUT2D eigenvalue weighted by molar-refractivity contribution is 5.79. The number of nitrogens with one attached hydrogen (secondary N) is 1. The molecule has 1 atom stereocenters. The summed E-state index contributed by atoms with van der Waals surface area (Å²) in [6, 6.07) is 12.9. The molecule has 2 aromatic rings. The molecule has 0 radical (unpaired) electrons. The topological polar surface area (TPSA) is 49.3 Å². The molecule has 2 aromatic carbocycles. The van der Waals surface area contributed by atoms with Crippen LogP contribution in [0.25, 0.3) is 0 Å². The summed E-state index contributed by atoms with van der Waals surface area (Å²) in [6.45, 7) is -0.293. The van der Waals surface area contributed by atoms with Crippen molar-refractivity contribution in [3.8, 4) is 0 Å². The van der Waals surface area contributed by atoms with Crippen LogP contribution >= 0.6 is 0 Å². The van der Waals surface area contributed by atoms with E-state index in [2.05, 4.69) is 5.32 Å². The maximum Gasteiger partial charge on any atom is 0.416 e. The van der Waals surface area contributed by atoms with E-state index in [0.29, 0.717) is 0 Å². The second-order valence-corrected chi connectivity index (χ2v) is 5.09. The van der Waals surface area contributed by atoms with Crippen LogP contribution in [0, 0.1) is 0 Å². The second kappa shape index (κ2) is 7.28. The Balaban J connectivity index is 2.04. The fourth-order valence-electron chi connectivity index (χ4n) is 2.21. The average Bonchev–Trinajstić information content (AvgIpc) is 2.53. The molecule has 2 N–H and O–H groups in total. The summed E-state index contributed by atoms with van der Waals surface area (Å²) in [4.78, 5) is 12.0. The Bertz CT molecular complexity index is 656. The molecular formula is C17H16F3NO2. The van der Waals surface area contributed by atoms with Crippen molar-refractivity contribution in [3.05, 3.63) is 71.3 Å². The summed E-state index contributed by atoms with van der Waals surface area (Å²) >= 11 is 0. The van der Waals surface area contributed by atoms with Crippen LogP contribution in [-0.2, 0) is 17.4 Å². The molecule has 3 nitrogen and oxygen atoms in total. The Labute approximate surface area is 131 Å². The molecule has 2 rings (SSSR count). The van der Waals surface area contributed by atoms with Gasteiger partial charge in [-0.15, -0.1) is 0 Å². The fourth-order valence-corrected chi connectivity index (χ4v) is 2.21. The number of carbonyl (C=O) groups excluding carboxylic acids is 1. The van der Waals surface area contributed by atoms with Crippen molar-refractivity contribution in [1.82, 2.24) is 5.32 Å². The van der Waals surface area contributed by atoms with Crippen molar-refractivity contribution in [2.75, 3.05) is 6.61 Å². The van der Waals surface area contributed by atoms with Crippen LogP contribution in [-0.4, -0.2) is 17.6 Å². The molecule has 0 unspecified atom stereocenters. The monoisotopic (exact) mass is 323 g/mol. The van der Waals surface area contributed by atoms with E-state index >= 15 is 0 Å². The van der Waals surface area contributed by atoms with Crippen molar-refractivity contribution in [2.45, 2.75) is 18.6 Å². The van der Waals surface area contributed by atoms with E-state index in [-0.39, 0.29) is 18.6 Å². The number of aliphatic hydroxyl groups is 1. The molecule has 23 heavy (non-hydrogen) atoms. The standard InChI is InChI=1S/C17H16F3NO2/c18-17(19,20)14-8-4-5-12(9-14)10-16(23)21-15(11-22)13-6-2-1-3-7-13/h1-9,15,22H,10-11H2,(H,21,23)/t15-/m1/s1. The van der Waals surface area contributed by atoms with E-state index in [4.69, 9.17) is 0 Å². The summed E-state index contributed by atoms with van der Waals surface area (Å²) in [5, 5.41) is 12.0. The molecule has 6 heteroatoms. The van der Waals surface area contributed by atoms with E-state index in [0.717, 1.165) is 17.7 Å². The molecular weight excluding hydrogens is 307 g/mol. The van der Waals surface area contributed by atoms with Gasteiger partial charge in [0.2, 0.25) is 5.91 Å². The maximum absolute atomic E-state index is 12.7. The van der Waals surface area contributed by atoms with Gasteiger partial charge in [0.05, 0.1) is 24.6 Å². The summed E-state index contributed by atoms with van der Waals surface area (Å²) in [5.74, 6) is -0.452. The van der Waals surface area contributed by atoms with Crippen molar-refractivity contribution < 1.29 is 23.1 Å². The molecule has 0 saturated carbocycles. The van der Waals surface area contributed by atoms with Crippen LogP contribution < -0.4 is 5.32 Å². The number of hydrogen-bond donors (Lipinski definition) is 2. The van der Waals surface area contributed by atoms with Crippen LogP contribution in [0.15, 0.2) is 54.6 Å². The van der Waals surface area contributed by atoms with Crippen molar-refractivity contribution in [3.63, 3.8) is 0 Å².